The molecule has 2 rings (SSSR count). The van der Waals surface area contributed by atoms with Gasteiger partial charge in [0.05, 0.1) is 6.42 Å². The van der Waals surface area contributed by atoms with E-state index in [1.165, 1.54) is 0 Å². The molecule has 2 aromatic rings. The second kappa shape index (κ2) is 4.58. The summed E-state index contributed by atoms with van der Waals surface area (Å²) in [5.74, 6) is 5.39. The molecule has 3 nitrogen and oxygen atoms in total. The summed E-state index contributed by atoms with van der Waals surface area (Å²) in [6, 6.07) is 10.8. The Morgan fingerprint density at radius 2 is 1.88 bits per heavy atom. The number of phenols is 1. The molecule has 0 aliphatic carbocycles. The number of hydrogen-bond acceptors (Lipinski definition) is 2. The van der Waals surface area contributed by atoms with Crippen LogP contribution in [-0.4, -0.2) is 11.0 Å². The van der Waals surface area contributed by atoms with Crippen molar-refractivity contribution in [2.45, 2.75) is 6.42 Å². The van der Waals surface area contributed by atoms with E-state index in [1.54, 1.807) is 12.1 Å². The Hall–Kier alpha value is -2.47. The van der Waals surface area contributed by atoms with Crippen molar-refractivity contribution in [1.29, 1.82) is 0 Å². The van der Waals surface area contributed by atoms with Gasteiger partial charge >= 0.3 is 0 Å². The molecule has 2 aromatic carbocycles. The van der Waals surface area contributed by atoms with Crippen LogP contribution in [0.4, 0.5) is 0 Å². The van der Waals surface area contributed by atoms with Crippen LogP contribution < -0.4 is 5.73 Å². The quantitative estimate of drug-likeness (QED) is 0.726. The molecule has 0 aliphatic rings. The Morgan fingerprint density at radius 1 is 1.18 bits per heavy atom. The molecule has 0 saturated heterocycles. The van der Waals surface area contributed by atoms with Gasteiger partial charge in [0.1, 0.15) is 5.75 Å². The van der Waals surface area contributed by atoms with E-state index in [2.05, 4.69) is 11.8 Å². The third-order valence-electron chi connectivity index (χ3n) is 2.32. The van der Waals surface area contributed by atoms with E-state index in [9.17, 15) is 9.90 Å². The maximum Gasteiger partial charge on any atom is 0.229 e. The van der Waals surface area contributed by atoms with Crippen molar-refractivity contribution in [2.75, 3.05) is 0 Å². The molecule has 0 fully saturated rings. The third-order valence-corrected chi connectivity index (χ3v) is 2.32. The molecule has 1 amide bonds. The zero-order chi connectivity index (χ0) is 12.3. The minimum absolute atomic E-state index is 0.0631. The fourth-order valence-corrected chi connectivity index (χ4v) is 1.54. The lowest BCUT2D eigenvalue weighted by Gasteiger charge is -1.99. The lowest BCUT2D eigenvalue weighted by atomic mass is 10.1. The molecule has 0 heterocycles. The van der Waals surface area contributed by atoms with E-state index in [0.29, 0.717) is 0 Å². The maximum absolute atomic E-state index is 10.5. The number of carbonyl (C=O) groups is 1. The summed E-state index contributed by atoms with van der Waals surface area (Å²) in [5.41, 5.74) is 5.82. The highest BCUT2D eigenvalue weighted by Gasteiger charge is 1.96. The van der Waals surface area contributed by atoms with E-state index in [1.807, 2.05) is 24.3 Å². The molecule has 0 aliphatic heterocycles. The first-order valence-corrected chi connectivity index (χ1v) is 5.15. The smallest absolute Gasteiger partial charge is 0.229 e. The molecule has 17 heavy (non-hydrogen) atoms. The lowest BCUT2D eigenvalue weighted by molar-refractivity contribution is -0.117. The van der Waals surface area contributed by atoms with Crippen LogP contribution in [-0.2, 0) is 4.79 Å². The largest absolute Gasteiger partial charge is 0.508 e. The average molecular weight is 225 g/mol. The molecular formula is C14H11NO2. The standard InChI is InChI=1S/C14H11NO2/c15-14(17)3-1-2-10-4-5-12-9-13(16)7-6-11(12)8-10/h4-9,16H,3H2,(H2,15,17). The molecule has 0 aromatic heterocycles. The van der Waals surface area contributed by atoms with Crippen LogP contribution in [0.5, 0.6) is 5.75 Å². The van der Waals surface area contributed by atoms with Gasteiger partial charge in [0.25, 0.3) is 0 Å². The average Bonchev–Trinajstić information content (AvgIpc) is 2.29. The number of fused-ring (bicyclic) bond motifs is 1. The highest BCUT2D eigenvalue weighted by atomic mass is 16.3. The first kappa shape index (κ1) is 11.0. The maximum atomic E-state index is 10.5. The number of primary amides is 1. The van der Waals surface area contributed by atoms with Crippen LogP contribution >= 0.6 is 0 Å². The summed E-state index contributed by atoms with van der Waals surface area (Å²) in [6.07, 6.45) is 0.0631. The molecule has 0 bridgehead atoms. The summed E-state index contributed by atoms with van der Waals surface area (Å²) in [6.45, 7) is 0. The van der Waals surface area contributed by atoms with Crippen LogP contribution in [0.1, 0.15) is 12.0 Å². The summed E-state index contributed by atoms with van der Waals surface area (Å²) in [7, 11) is 0. The summed E-state index contributed by atoms with van der Waals surface area (Å²) in [4.78, 5) is 10.5. The van der Waals surface area contributed by atoms with Crippen molar-refractivity contribution >= 4 is 16.7 Å². The first-order valence-electron chi connectivity index (χ1n) is 5.15. The molecule has 0 spiro atoms. The number of benzene rings is 2. The Kier molecular flexibility index (Phi) is 2.97. The van der Waals surface area contributed by atoms with Gasteiger partial charge in [0.15, 0.2) is 0 Å². The van der Waals surface area contributed by atoms with Crippen molar-refractivity contribution in [3.8, 4) is 17.6 Å². The van der Waals surface area contributed by atoms with Crippen LogP contribution in [0.2, 0.25) is 0 Å². The van der Waals surface area contributed by atoms with E-state index < -0.39 is 5.91 Å². The topological polar surface area (TPSA) is 63.3 Å². The van der Waals surface area contributed by atoms with Crippen LogP contribution in [0.25, 0.3) is 10.8 Å². The van der Waals surface area contributed by atoms with Crippen LogP contribution in [0, 0.1) is 11.8 Å². The second-order valence-electron chi connectivity index (χ2n) is 3.69. The molecule has 0 atom stereocenters. The monoisotopic (exact) mass is 225 g/mol. The van der Waals surface area contributed by atoms with Gasteiger partial charge in [-0.05, 0) is 35.0 Å². The number of aromatic hydroxyl groups is 1. The Balaban J connectivity index is 2.34. The third kappa shape index (κ3) is 2.76. The fourth-order valence-electron chi connectivity index (χ4n) is 1.54. The first-order chi connectivity index (χ1) is 8.15. The van der Waals surface area contributed by atoms with Crippen molar-refractivity contribution in [2.24, 2.45) is 5.73 Å². The van der Waals surface area contributed by atoms with Gasteiger partial charge in [-0.2, -0.15) is 0 Å². The Morgan fingerprint density at radius 3 is 2.65 bits per heavy atom. The van der Waals surface area contributed by atoms with E-state index in [-0.39, 0.29) is 12.2 Å². The van der Waals surface area contributed by atoms with Gasteiger partial charge in [-0.25, -0.2) is 0 Å². The lowest BCUT2D eigenvalue weighted by Crippen LogP contribution is -2.08. The number of nitrogens with two attached hydrogens (primary N) is 1. The predicted molar refractivity (Wildman–Crippen MR) is 66.3 cm³/mol. The molecule has 0 radical (unpaired) electrons. The minimum Gasteiger partial charge on any atom is -0.508 e. The summed E-state index contributed by atoms with van der Waals surface area (Å²) < 4.78 is 0. The summed E-state index contributed by atoms with van der Waals surface area (Å²) in [5, 5.41) is 11.3. The molecule has 0 saturated carbocycles. The molecule has 3 heteroatoms. The highest BCUT2D eigenvalue weighted by Crippen LogP contribution is 2.20. The van der Waals surface area contributed by atoms with E-state index >= 15 is 0 Å². The van der Waals surface area contributed by atoms with Crippen molar-refractivity contribution < 1.29 is 9.90 Å². The molecule has 0 unspecified atom stereocenters. The number of carbonyl (C=O) groups excluding carboxylic acids is 1. The highest BCUT2D eigenvalue weighted by molar-refractivity contribution is 5.85. The minimum atomic E-state index is -0.428. The van der Waals surface area contributed by atoms with Crippen molar-refractivity contribution in [1.82, 2.24) is 0 Å². The van der Waals surface area contributed by atoms with Crippen LogP contribution in [0.3, 0.4) is 0 Å². The zero-order valence-corrected chi connectivity index (χ0v) is 9.10. The van der Waals surface area contributed by atoms with Gasteiger partial charge < -0.3 is 10.8 Å². The van der Waals surface area contributed by atoms with E-state index in [0.717, 1.165) is 16.3 Å². The Bertz CT molecular complexity index is 635. The molecule has 84 valence electrons. The molecular weight excluding hydrogens is 214 g/mol. The van der Waals surface area contributed by atoms with Gasteiger partial charge in [-0.3, -0.25) is 4.79 Å². The fraction of sp³-hybridized carbons (Fsp3) is 0.0714. The number of hydrogen-bond donors (Lipinski definition) is 2. The number of amides is 1. The molecule has 3 N–H and O–H groups in total. The predicted octanol–water partition coefficient (Wildman–Crippen LogP) is 1.77. The van der Waals surface area contributed by atoms with E-state index in [4.69, 9.17) is 5.73 Å². The van der Waals surface area contributed by atoms with Gasteiger partial charge in [0.2, 0.25) is 5.91 Å². The second-order valence-corrected chi connectivity index (χ2v) is 3.69. The zero-order valence-electron chi connectivity index (χ0n) is 9.10. The van der Waals surface area contributed by atoms with Crippen LogP contribution in [0.15, 0.2) is 36.4 Å². The van der Waals surface area contributed by atoms with Gasteiger partial charge in [-0.15, -0.1) is 0 Å². The van der Waals surface area contributed by atoms with Crippen molar-refractivity contribution in [3.63, 3.8) is 0 Å². The number of rotatable bonds is 1. The van der Waals surface area contributed by atoms with Gasteiger partial charge in [-0.1, -0.05) is 24.0 Å². The number of phenolic OH excluding ortho intramolecular Hbond substituents is 1. The van der Waals surface area contributed by atoms with Crippen molar-refractivity contribution in [3.05, 3.63) is 42.0 Å². The normalized spacial score (nSPS) is 9.65. The Labute approximate surface area is 98.9 Å². The van der Waals surface area contributed by atoms with Gasteiger partial charge in [0, 0.05) is 5.56 Å². The summed E-state index contributed by atoms with van der Waals surface area (Å²) >= 11 is 0. The SMILES string of the molecule is NC(=O)CC#Cc1ccc2cc(O)ccc2c1.